The molecule has 0 bridgehead atoms. The summed E-state index contributed by atoms with van der Waals surface area (Å²) in [6.45, 7) is 7.20. The molecule has 45 heavy (non-hydrogen) atoms. The Morgan fingerprint density at radius 2 is 1.51 bits per heavy atom. The minimum absolute atomic E-state index is 0.134. The lowest BCUT2D eigenvalue weighted by molar-refractivity contribution is -0.149. The number of likely N-dealkylation sites (tertiary alicyclic amines) is 1. The zero-order valence-electron chi connectivity index (χ0n) is 27.2. The van der Waals surface area contributed by atoms with Crippen LogP contribution in [0.4, 0.5) is 4.39 Å². The molecule has 1 aliphatic rings. The van der Waals surface area contributed by atoms with Crippen molar-refractivity contribution in [1.29, 1.82) is 0 Å². The van der Waals surface area contributed by atoms with Crippen molar-refractivity contribution < 1.29 is 18.8 Å². The number of hydrogen-bond acceptors (Lipinski definition) is 4. The monoisotopic (exact) mass is 614 g/mol. The first kappa shape index (κ1) is 33.8. The van der Waals surface area contributed by atoms with Crippen molar-refractivity contribution >= 4 is 28.5 Å². The average Bonchev–Trinajstić information content (AvgIpc) is 3.01. The predicted octanol–water partition coefficient (Wildman–Crippen LogP) is 5.36. The molecule has 0 radical (unpaired) electrons. The van der Waals surface area contributed by atoms with Gasteiger partial charge in [-0.1, -0.05) is 67.6 Å². The van der Waals surface area contributed by atoms with E-state index in [2.05, 4.69) is 6.92 Å². The van der Waals surface area contributed by atoms with E-state index in [1.165, 1.54) is 28.0 Å². The lowest BCUT2D eigenvalue weighted by Crippen LogP contribution is -2.57. The lowest BCUT2D eigenvalue weighted by atomic mass is 9.96. The summed E-state index contributed by atoms with van der Waals surface area (Å²) in [5.74, 6) is -0.619. The zero-order valence-corrected chi connectivity index (χ0v) is 27.2. The highest BCUT2D eigenvalue weighted by atomic mass is 19.1. The summed E-state index contributed by atoms with van der Waals surface area (Å²) in [5.41, 5.74) is 7.28. The van der Waals surface area contributed by atoms with Crippen molar-refractivity contribution in [2.45, 2.75) is 70.5 Å². The third kappa shape index (κ3) is 9.24. The van der Waals surface area contributed by atoms with E-state index in [-0.39, 0.29) is 36.4 Å². The molecule has 0 aliphatic carbocycles. The topological polar surface area (TPSA) is 87.0 Å². The number of halogens is 1. The number of piperidine rings is 1. The largest absolute Gasteiger partial charge is 0.341 e. The van der Waals surface area contributed by atoms with Crippen molar-refractivity contribution in [2.24, 2.45) is 11.7 Å². The maximum Gasteiger partial charge on any atom is 0.246 e. The van der Waals surface area contributed by atoms with Crippen LogP contribution in [0.1, 0.15) is 51.2 Å². The van der Waals surface area contributed by atoms with Crippen molar-refractivity contribution in [1.82, 2.24) is 14.7 Å². The molecular weight excluding hydrogens is 567 g/mol. The number of nitrogens with zero attached hydrogens (tertiary/aromatic N) is 3. The van der Waals surface area contributed by atoms with Crippen LogP contribution in [0.25, 0.3) is 10.8 Å². The molecule has 2 N–H and O–H groups in total. The van der Waals surface area contributed by atoms with Gasteiger partial charge in [-0.3, -0.25) is 14.4 Å². The fourth-order valence-electron chi connectivity index (χ4n) is 5.78. The number of benzene rings is 3. The summed E-state index contributed by atoms with van der Waals surface area (Å²) in [5, 5.41) is 2.12. The van der Waals surface area contributed by atoms with Crippen LogP contribution in [0.2, 0.25) is 0 Å². The van der Waals surface area contributed by atoms with Gasteiger partial charge in [0.2, 0.25) is 17.7 Å². The normalized spacial score (nSPS) is 15.7. The smallest absolute Gasteiger partial charge is 0.246 e. The van der Waals surface area contributed by atoms with E-state index in [1.54, 1.807) is 32.3 Å². The fraction of sp³-hybridized carbons (Fsp3) is 0.432. The van der Waals surface area contributed by atoms with Crippen LogP contribution in [-0.4, -0.2) is 77.2 Å². The van der Waals surface area contributed by atoms with Gasteiger partial charge in [0.1, 0.15) is 17.9 Å². The first-order chi connectivity index (χ1) is 21.3. The molecule has 1 saturated heterocycles. The van der Waals surface area contributed by atoms with E-state index in [9.17, 15) is 18.8 Å². The SMILES string of the molecule is CC1CCN(C(=O)[C@@H](Cc2ccc(F)cc2)N(C)C(=O)[C@@H](Cc2ccc3ccccc3c2)N(C)C(=O)/C=C/CC(C)(C)N)CC1. The van der Waals surface area contributed by atoms with Crippen molar-refractivity contribution in [3.05, 3.63) is 95.8 Å². The van der Waals surface area contributed by atoms with Crippen LogP contribution >= 0.6 is 0 Å². The van der Waals surface area contributed by atoms with Crippen LogP contribution in [0, 0.1) is 11.7 Å². The van der Waals surface area contributed by atoms with E-state index >= 15 is 0 Å². The summed E-state index contributed by atoms with van der Waals surface area (Å²) in [6.07, 6.45) is 6.01. The number of hydrogen-bond donors (Lipinski definition) is 1. The first-order valence-electron chi connectivity index (χ1n) is 15.8. The quantitative estimate of drug-likeness (QED) is 0.295. The standard InChI is InChI=1S/C37H47FN4O3/c1-26-18-21-42(22-19-26)36(45)33(24-27-13-16-31(38)17-14-27)41(5)35(44)32(40(4)34(43)11-8-20-37(2,3)39)25-28-12-15-29-9-6-7-10-30(29)23-28/h6-17,23,26,32-33H,18-22,24-25,39H2,1-5H3/b11-8+/t32-,33-/m1/s1. The first-order valence-corrected chi connectivity index (χ1v) is 15.8. The molecule has 7 nitrogen and oxygen atoms in total. The zero-order chi connectivity index (χ0) is 32.7. The number of rotatable bonds is 11. The van der Waals surface area contributed by atoms with Gasteiger partial charge >= 0.3 is 0 Å². The molecule has 0 aromatic heterocycles. The molecule has 8 heteroatoms. The van der Waals surface area contributed by atoms with E-state index in [4.69, 9.17) is 5.73 Å². The Kier molecular flexibility index (Phi) is 11.2. The van der Waals surface area contributed by atoms with Gasteiger partial charge in [-0.25, -0.2) is 4.39 Å². The van der Waals surface area contributed by atoms with Crippen LogP contribution in [-0.2, 0) is 27.2 Å². The lowest BCUT2D eigenvalue weighted by Gasteiger charge is -2.38. The van der Waals surface area contributed by atoms with Crippen LogP contribution in [0.3, 0.4) is 0 Å². The fourth-order valence-corrected chi connectivity index (χ4v) is 5.78. The summed E-state index contributed by atoms with van der Waals surface area (Å²) in [6, 6.07) is 18.4. The Bertz CT molecular complexity index is 1510. The predicted molar refractivity (Wildman–Crippen MR) is 178 cm³/mol. The Hall–Kier alpha value is -4.04. The van der Waals surface area contributed by atoms with Crippen molar-refractivity contribution in [3.8, 4) is 0 Å². The molecule has 240 valence electrons. The molecule has 2 atom stereocenters. The van der Waals surface area contributed by atoms with Gasteiger partial charge in [0.25, 0.3) is 0 Å². The number of carbonyl (C=O) groups is 3. The number of fused-ring (bicyclic) bond motifs is 1. The third-order valence-electron chi connectivity index (χ3n) is 8.79. The summed E-state index contributed by atoms with van der Waals surface area (Å²) in [7, 11) is 3.26. The number of nitrogens with two attached hydrogens (primary N) is 1. The Morgan fingerprint density at radius 3 is 2.16 bits per heavy atom. The van der Waals surface area contributed by atoms with Crippen LogP contribution in [0.5, 0.6) is 0 Å². The average molecular weight is 615 g/mol. The molecule has 0 spiro atoms. The molecule has 0 saturated carbocycles. The molecular formula is C37H47FN4O3. The Labute approximate surface area is 266 Å². The van der Waals surface area contributed by atoms with E-state index < -0.39 is 17.6 Å². The minimum Gasteiger partial charge on any atom is -0.341 e. The van der Waals surface area contributed by atoms with Gasteiger partial charge < -0.3 is 20.4 Å². The molecule has 1 aliphatic heterocycles. The summed E-state index contributed by atoms with van der Waals surface area (Å²) in [4.78, 5) is 46.7. The van der Waals surface area contributed by atoms with E-state index in [1.807, 2.05) is 61.2 Å². The molecule has 0 unspecified atom stereocenters. The van der Waals surface area contributed by atoms with Crippen molar-refractivity contribution in [3.63, 3.8) is 0 Å². The van der Waals surface area contributed by atoms with Crippen molar-refractivity contribution in [2.75, 3.05) is 27.2 Å². The molecule has 3 aromatic carbocycles. The van der Waals surface area contributed by atoms with Gasteiger partial charge in [0.05, 0.1) is 0 Å². The molecule has 4 rings (SSSR count). The highest BCUT2D eigenvalue weighted by Gasteiger charge is 2.37. The summed E-state index contributed by atoms with van der Waals surface area (Å²) < 4.78 is 13.7. The number of amides is 3. The highest BCUT2D eigenvalue weighted by molar-refractivity contribution is 5.95. The second-order valence-electron chi connectivity index (χ2n) is 13.2. The maximum atomic E-state index is 14.5. The number of carbonyl (C=O) groups excluding carboxylic acids is 3. The van der Waals surface area contributed by atoms with E-state index in [0.717, 1.165) is 34.7 Å². The molecule has 1 fully saturated rings. The summed E-state index contributed by atoms with van der Waals surface area (Å²) >= 11 is 0. The second kappa shape index (κ2) is 14.8. The molecule has 3 amide bonds. The minimum atomic E-state index is -0.871. The van der Waals surface area contributed by atoms with Gasteiger partial charge in [0.15, 0.2) is 0 Å². The molecule has 1 heterocycles. The second-order valence-corrected chi connectivity index (χ2v) is 13.2. The maximum absolute atomic E-state index is 14.5. The Balaban J connectivity index is 1.66. The Morgan fingerprint density at radius 1 is 0.911 bits per heavy atom. The van der Waals surface area contributed by atoms with Crippen LogP contribution < -0.4 is 5.73 Å². The van der Waals surface area contributed by atoms with Gasteiger partial charge in [-0.05, 0) is 79.1 Å². The van der Waals surface area contributed by atoms with E-state index in [0.29, 0.717) is 25.4 Å². The van der Waals surface area contributed by atoms with Gasteiger partial charge in [-0.15, -0.1) is 0 Å². The van der Waals surface area contributed by atoms with Gasteiger partial charge in [-0.2, -0.15) is 0 Å². The molecule has 3 aromatic rings. The van der Waals surface area contributed by atoms with Gasteiger partial charge in [0, 0.05) is 45.6 Å². The highest BCUT2D eigenvalue weighted by Crippen LogP contribution is 2.23. The van der Waals surface area contributed by atoms with Crippen LogP contribution in [0.15, 0.2) is 78.9 Å². The third-order valence-corrected chi connectivity index (χ3v) is 8.79. The number of likely N-dealkylation sites (N-methyl/N-ethyl adjacent to an activating group) is 2.